The van der Waals surface area contributed by atoms with E-state index in [9.17, 15) is 0 Å². The Morgan fingerprint density at radius 1 is 0.625 bits per heavy atom. The third kappa shape index (κ3) is 4.51. The second-order valence-electron chi connectivity index (χ2n) is 3.04. The molecule has 0 saturated heterocycles. The summed E-state index contributed by atoms with van der Waals surface area (Å²) in [6, 6.07) is 19.5. The molecular weight excluding hydrogens is 200 g/mol. The highest BCUT2D eigenvalue weighted by molar-refractivity contribution is 5.32. The Bertz CT molecular complexity index is 339. The van der Waals surface area contributed by atoms with Crippen LogP contribution in [0.1, 0.15) is 0 Å². The average Bonchev–Trinajstić information content (AvgIpc) is 2.41. The lowest BCUT2D eigenvalue weighted by Crippen LogP contribution is -1.84. The van der Waals surface area contributed by atoms with Crippen LogP contribution in [0.2, 0.25) is 0 Å². The van der Waals surface area contributed by atoms with E-state index in [0.29, 0.717) is 0 Å². The van der Waals surface area contributed by atoms with Gasteiger partial charge in [0.15, 0.2) is 0 Å². The van der Waals surface area contributed by atoms with E-state index in [1.54, 1.807) is 14.2 Å². The molecule has 0 N–H and O–H groups in total. The number of benzene rings is 2. The summed E-state index contributed by atoms with van der Waals surface area (Å²) in [5.74, 6) is 1.64. The zero-order chi connectivity index (χ0) is 11.6. The molecule has 84 valence electrons. The van der Waals surface area contributed by atoms with Crippen LogP contribution in [0.3, 0.4) is 0 Å². The Morgan fingerprint density at radius 3 is 1.31 bits per heavy atom. The monoisotopic (exact) mass is 216 g/mol. The molecule has 16 heavy (non-hydrogen) atoms. The molecule has 0 amide bonds. The van der Waals surface area contributed by atoms with Crippen molar-refractivity contribution in [3.05, 3.63) is 60.7 Å². The molecule has 0 aliphatic carbocycles. The van der Waals surface area contributed by atoms with Crippen LogP contribution < -0.4 is 9.47 Å². The molecule has 0 fully saturated rings. The maximum atomic E-state index is 4.98. The molecule has 0 aliphatic heterocycles. The topological polar surface area (TPSA) is 18.5 Å². The van der Waals surface area contributed by atoms with Gasteiger partial charge in [-0.25, -0.2) is 0 Å². The van der Waals surface area contributed by atoms with Gasteiger partial charge in [-0.1, -0.05) is 42.5 Å². The number of methoxy groups -OCH3 is 2. The molecular formula is C14H16O2. The summed E-state index contributed by atoms with van der Waals surface area (Å²) in [5, 5.41) is 0. The second-order valence-corrected chi connectivity index (χ2v) is 3.04. The number of hydrogen-bond acceptors (Lipinski definition) is 2. The highest BCUT2D eigenvalue weighted by Crippen LogP contribution is 2.17. The van der Waals surface area contributed by atoms with E-state index in [1.165, 1.54) is 0 Å². The summed E-state index contributed by atoms with van der Waals surface area (Å²) < 4.78 is 9.95. The first kappa shape index (κ1) is 12.1. The first-order chi connectivity index (χ1) is 7.86. The van der Waals surface area contributed by atoms with Gasteiger partial charge in [0.25, 0.3) is 0 Å². The summed E-state index contributed by atoms with van der Waals surface area (Å²) in [5.41, 5.74) is 0. The van der Waals surface area contributed by atoms with Crippen LogP contribution in [0.5, 0.6) is 11.5 Å². The van der Waals surface area contributed by atoms with Crippen molar-refractivity contribution < 1.29 is 9.47 Å². The molecule has 2 nitrogen and oxygen atoms in total. The molecule has 0 saturated carbocycles. The quantitative estimate of drug-likeness (QED) is 0.766. The second kappa shape index (κ2) is 7.35. The Balaban J connectivity index is 0.000000181. The predicted octanol–water partition coefficient (Wildman–Crippen LogP) is 3.39. The van der Waals surface area contributed by atoms with E-state index in [0.717, 1.165) is 11.5 Å². The van der Waals surface area contributed by atoms with Gasteiger partial charge in [-0.15, -0.1) is 0 Å². The van der Waals surface area contributed by atoms with Crippen LogP contribution in [-0.4, -0.2) is 14.2 Å². The van der Waals surface area contributed by atoms with Crippen LogP contribution >= 0.6 is 0 Å². The van der Waals surface area contributed by atoms with Crippen molar-refractivity contribution in [3.8, 4) is 11.5 Å². The summed E-state index contributed by atoms with van der Waals surface area (Å²) in [6.07, 6.45) is 0. The lowest BCUT2D eigenvalue weighted by Gasteiger charge is -2.01. The highest BCUT2D eigenvalue weighted by atomic mass is 16.5. The fraction of sp³-hybridized carbons (Fsp3) is 0.143. The molecule has 0 atom stereocenters. The van der Waals surface area contributed by atoms with Gasteiger partial charge in [-0.2, -0.15) is 0 Å². The molecule has 2 rings (SSSR count). The summed E-state index contributed by atoms with van der Waals surface area (Å²) in [4.78, 5) is 0. The van der Waals surface area contributed by atoms with E-state index in [4.69, 9.17) is 9.47 Å². The van der Waals surface area contributed by atoms with Gasteiger partial charge in [-0.3, -0.25) is 0 Å². The fourth-order valence-corrected chi connectivity index (χ4v) is 1.11. The van der Waals surface area contributed by atoms with Crippen molar-refractivity contribution in [2.45, 2.75) is 0 Å². The summed E-state index contributed by atoms with van der Waals surface area (Å²) in [7, 11) is 3.27. The smallest absolute Gasteiger partial charge is 0.122 e. The van der Waals surface area contributed by atoms with E-state index in [-0.39, 0.29) is 0 Å². The molecule has 2 aromatic carbocycles. The lowest BCUT2D eigenvalue weighted by molar-refractivity contribution is 0.394. The molecule has 2 aromatic rings. The predicted molar refractivity (Wildman–Crippen MR) is 66.0 cm³/mol. The molecule has 0 bridgehead atoms. The minimum Gasteiger partial charge on any atom is -0.497 e. The molecule has 0 radical (unpaired) electrons. The SMILES string of the molecule is COc1cccc(OC)c1.c1ccccc1. The average molecular weight is 216 g/mol. The van der Waals surface area contributed by atoms with Crippen molar-refractivity contribution in [2.24, 2.45) is 0 Å². The summed E-state index contributed by atoms with van der Waals surface area (Å²) >= 11 is 0. The van der Waals surface area contributed by atoms with Crippen LogP contribution in [0, 0.1) is 0 Å². The van der Waals surface area contributed by atoms with Gasteiger partial charge in [0, 0.05) is 6.07 Å². The normalized spacial score (nSPS) is 8.62. The third-order valence-electron chi connectivity index (χ3n) is 1.94. The Labute approximate surface area is 96.5 Å². The standard InChI is InChI=1S/C8H10O2.C6H6/c1-9-7-4-3-5-8(6-7)10-2;1-2-4-6-5-3-1/h3-6H,1-2H3;1-6H. The lowest BCUT2D eigenvalue weighted by atomic mass is 10.3. The highest BCUT2D eigenvalue weighted by Gasteiger charge is 1.91. The molecule has 0 unspecified atom stereocenters. The zero-order valence-electron chi connectivity index (χ0n) is 9.59. The van der Waals surface area contributed by atoms with Crippen molar-refractivity contribution in [1.29, 1.82) is 0 Å². The zero-order valence-corrected chi connectivity index (χ0v) is 9.59. The summed E-state index contributed by atoms with van der Waals surface area (Å²) in [6.45, 7) is 0. The maximum Gasteiger partial charge on any atom is 0.122 e. The fourth-order valence-electron chi connectivity index (χ4n) is 1.11. The number of rotatable bonds is 2. The molecule has 0 aromatic heterocycles. The van der Waals surface area contributed by atoms with Crippen LogP contribution in [0.4, 0.5) is 0 Å². The van der Waals surface area contributed by atoms with Gasteiger partial charge >= 0.3 is 0 Å². The number of ether oxygens (including phenoxy) is 2. The third-order valence-corrected chi connectivity index (χ3v) is 1.94. The van der Waals surface area contributed by atoms with Crippen molar-refractivity contribution in [1.82, 2.24) is 0 Å². The van der Waals surface area contributed by atoms with E-state index in [1.807, 2.05) is 60.7 Å². The Kier molecular flexibility index (Phi) is 5.56. The van der Waals surface area contributed by atoms with Crippen molar-refractivity contribution >= 4 is 0 Å². The van der Waals surface area contributed by atoms with E-state index >= 15 is 0 Å². The van der Waals surface area contributed by atoms with Crippen molar-refractivity contribution in [2.75, 3.05) is 14.2 Å². The van der Waals surface area contributed by atoms with Crippen LogP contribution in [-0.2, 0) is 0 Å². The Hall–Kier alpha value is -1.96. The Morgan fingerprint density at radius 2 is 1.00 bits per heavy atom. The van der Waals surface area contributed by atoms with E-state index < -0.39 is 0 Å². The minimum absolute atomic E-state index is 0.819. The molecule has 0 spiro atoms. The maximum absolute atomic E-state index is 4.98. The largest absolute Gasteiger partial charge is 0.497 e. The van der Waals surface area contributed by atoms with Gasteiger partial charge in [0.2, 0.25) is 0 Å². The molecule has 2 heteroatoms. The van der Waals surface area contributed by atoms with E-state index in [2.05, 4.69) is 0 Å². The van der Waals surface area contributed by atoms with Gasteiger partial charge < -0.3 is 9.47 Å². The number of hydrogen-bond donors (Lipinski definition) is 0. The van der Waals surface area contributed by atoms with Crippen LogP contribution in [0.25, 0.3) is 0 Å². The van der Waals surface area contributed by atoms with Crippen LogP contribution in [0.15, 0.2) is 60.7 Å². The first-order valence-corrected chi connectivity index (χ1v) is 5.05. The molecule has 0 heterocycles. The van der Waals surface area contributed by atoms with Crippen molar-refractivity contribution in [3.63, 3.8) is 0 Å². The van der Waals surface area contributed by atoms with Gasteiger partial charge in [0.1, 0.15) is 11.5 Å². The van der Waals surface area contributed by atoms with Gasteiger partial charge in [-0.05, 0) is 12.1 Å². The minimum atomic E-state index is 0.819. The van der Waals surface area contributed by atoms with Gasteiger partial charge in [0.05, 0.1) is 14.2 Å². The molecule has 0 aliphatic rings. The first-order valence-electron chi connectivity index (χ1n) is 5.05.